The van der Waals surface area contributed by atoms with Crippen molar-refractivity contribution in [1.29, 1.82) is 0 Å². The van der Waals surface area contributed by atoms with Crippen LogP contribution in [0, 0.1) is 0 Å². The van der Waals surface area contributed by atoms with Gasteiger partial charge in [0.25, 0.3) is 7.82 Å². The standard InChI is InChI=1S/C61H111N2O6P/c1-6-8-10-12-14-16-18-20-22-24-26-28-29-30-31-32-33-35-37-39-41-43-45-47-49-51-53-55-61(65)62-59(58-69-70(66,67)68-57-56-63(3,4)5)60(64)54-52-50-48-46-44-42-40-38-36-34-27-25-23-21-19-17-15-13-11-9-7-2/h8,10,14,16,20,22,26,28,30-31,33,35,39,41,59-60,64H,6-7,9,11-13,15,17-19,21,23-25,27,29,32,34,36-38,40,42-58H2,1-5H3,(H-,62,65,66,67)/b10-8-,16-14-,22-20-,28-26-,31-30-,35-33-,41-39-. The molecule has 0 spiro atoms. The van der Waals surface area contributed by atoms with Gasteiger partial charge >= 0.3 is 0 Å². The average Bonchev–Trinajstić information content (AvgIpc) is 3.32. The molecule has 2 N–H and O–H groups in total. The number of carbonyl (C=O) groups excluding carboxylic acids is 1. The van der Waals surface area contributed by atoms with Crippen LogP contribution >= 0.6 is 7.82 Å². The summed E-state index contributed by atoms with van der Waals surface area (Å²) in [5.74, 6) is -0.185. The number of carbonyl (C=O) groups is 1. The maximum Gasteiger partial charge on any atom is 0.268 e. The number of hydrogen-bond donors (Lipinski definition) is 2. The highest BCUT2D eigenvalue weighted by Gasteiger charge is 2.24. The van der Waals surface area contributed by atoms with Crippen molar-refractivity contribution in [2.75, 3.05) is 40.9 Å². The molecule has 0 aromatic carbocycles. The van der Waals surface area contributed by atoms with Gasteiger partial charge in [0, 0.05) is 6.42 Å². The third kappa shape index (κ3) is 53.5. The van der Waals surface area contributed by atoms with E-state index in [4.69, 9.17) is 9.05 Å². The van der Waals surface area contributed by atoms with E-state index in [9.17, 15) is 19.4 Å². The van der Waals surface area contributed by atoms with Crippen molar-refractivity contribution >= 4 is 13.7 Å². The van der Waals surface area contributed by atoms with Crippen molar-refractivity contribution in [3.05, 3.63) is 85.1 Å². The van der Waals surface area contributed by atoms with Crippen LogP contribution in [0.1, 0.15) is 245 Å². The summed E-state index contributed by atoms with van der Waals surface area (Å²) in [6, 6.07) is -0.818. The predicted molar refractivity (Wildman–Crippen MR) is 302 cm³/mol. The minimum absolute atomic E-state index is 0.00388. The smallest absolute Gasteiger partial charge is 0.268 e. The normalized spacial score (nSPS) is 14.6. The van der Waals surface area contributed by atoms with E-state index < -0.39 is 20.0 Å². The lowest BCUT2D eigenvalue weighted by molar-refractivity contribution is -0.870. The lowest BCUT2D eigenvalue weighted by atomic mass is 10.0. The number of allylic oxidation sites excluding steroid dienone is 14. The molecule has 1 amide bonds. The third-order valence-corrected chi connectivity index (χ3v) is 13.6. The first kappa shape index (κ1) is 67.7. The molecule has 0 rings (SSSR count). The Morgan fingerprint density at radius 1 is 0.514 bits per heavy atom. The maximum absolute atomic E-state index is 13.0. The SMILES string of the molecule is CC/C=C\C/C=C\C/C=C\C/C=C\C/C=C\C/C=C\C/C=C\CCCCCCCC(=O)NC(COP(=O)([O-])OCC[N+](C)(C)C)C(O)CCCCCCCCCCCCCCCCCCCCCCC. The molecular weight excluding hydrogens is 888 g/mol. The van der Waals surface area contributed by atoms with Crippen LogP contribution in [-0.2, 0) is 18.4 Å². The molecule has 0 aromatic rings. The van der Waals surface area contributed by atoms with Gasteiger partial charge in [0.15, 0.2) is 0 Å². The average molecular weight is 1000 g/mol. The molecule has 9 heteroatoms. The number of hydrogen-bond acceptors (Lipinski definition) is 6. The maximum atomic E-state index is 13.0. The number of likely N-dealkylation sites (N-methyl/N-ethyl adjacent to an activating group) is 1. The highest BCUT2D eigenvalue weighted by molar-refractivity contribution is 7.45. The Kier molecular flexibility index (Phi) is 49.9. The predicted octanol–water partition coefficient (Wildman–Crippen LogP) is 17.0. The number of aliphatic hydroxyl groups is 1. The lowest BCUT2D eigenvalue weighted by Crippen LogP contribution is -2.46. The molecule has 406 valence electrons. The highest BCUT2D eigenvalue weighted by Crippen LogP contribution is 2.38. The second kappa shape index (κ2) is 51.6. The Hall–Kier alpha value is -2.32. The van der Waals surface area contributed by atoms with Crippen LogP contribution in [0.2, 0.25) is 0 Å². The van der Waals surface area contributed by atoms with Gasteiger partial charge < -0.3 is 28.8 Å². The van der Waals surface area contributed by atoms with Gasteiger partial charge in [0.05, 0.1) is 39.9 Å². The number of amides is 1. The fraction of sp³-hybridized carbons (Fsp3) is 0.754. The molecular formula is C61H111N2O6P. The first-order valence-electron chi connectivity index (χ1n) is 28.9. The molecule has 0 aliphatic carbocycles. The van der Waals surface area contributed by atoms with Crippen molar-refractivity contribution in [2.24, 2.45) is 0 Å². The Morgan fingerprint density at radius 3 is 1.27 bits per heavy atom. The highest BCUT2D eigenvalue weighted by atomic mass is 31.2. The molecule has 0 aromatic heterocycles. The molecule has 0 radical (unpaired) electrons. The van der Waals surface area contributed by atoms with E-state index in [0.717, 1.165) is 103 Å². The van der Waals surface area contributed by atoms with Crippen molar-refractivity contribution in [3.8, 4) is 0 Å². The summed E-state index contributed by atoms with van der Waals surface area (Å²) in [7, 11) is 1.28. The van der Waals surface area contributed by atoms with Crippen LogP contribution in [0.4, 0.5) is 0 Å². The molecule has 3 unspecified atom stereocenters. The van der Waals surface area contributed by atoms with E-state index in [1.54, 1.807) is 0 Å². The first-order valence-corrected chi connectivity index (χ1v) is 30.4. The number of nitrogens with one attached hydrogen (secondary N) is 1. The van der Waals surface area contributed by atoms with Crippen LogP contribution in [0.3, 0.4) is 0 Å². The molecule has 3 atom stereocenters. The number of rotatable bonds is 52. The van der Waals surface area contributed by atoms with E-state index in [2.05, 4.69) is 104 Å². The zero-order valence-electron chi connectivity index (χ0n) is 46.2. The fourth-order valence-electron chi connectivity index (χ4n) is 8.14. The quantitative estimate of drug-likeness (QED) is 0.0272. The summed E-state index contributed by atoms with van der Waals surface area (Å²) in [6.07, 6.45) is 71.8. The largest absolute Gasteiger partial charge is 0.756 e. The topological polar surface area (TPSA) is 108 Å². The van der Waals surface area contributed by atoms with E-state index in [1.807, 2.05) is 21.1 Å². The lowest BCUT2D eigenvalue weighted by Gasteiger charge is -2.30. The molecule has 0 saturated heterocycles. The minimum Gasteiger partial charge on any atom is -0.756 e. The molecule has 0 aliphatic rings. The summed E-state index contributed by atoms with van der Waals surface area (Å²) >= 11 is 0. The Morgan fingerprint density at radius 2 is 0.871 bits per heavy atom. The number of quaternary nitrogens is 1. The van der Waals surface area contributed by atoms with Gasteiger partial charge in [-0.2, -0.15) is 0 Å². The van der Waals surface area contributed by atoms with Gasteiger partial charge in [-0.3, -0.25) is 9.36 Å². The van der Waals surface area contributed by atoms with E-state index in [0.29, 0.717) is 23.9 Å². The third-order valence-electron chi connectivity index (χ3n) is 12.6. The first-order chi connectivity index (χ1) is 34.0. The number of phosphoric acid groups is 1. The summed E-state index contributed by atoms with van der Waals surface area (Å²) in [4.78, 5) is 25.5. The second-order valence-corrected chi connectivity index (χ2v) is 22.0. The van der Waals surface area contributed by atoms with Crippen molar-refractivity contribution in [1.82, 2.24) is 5.32 Å². The van der Waals surface area contributed by atoms with Gasteiger partial charge in [-0.25, -0.2) is 0 Å². The van der Waals surface area contributed by atoms with Crippen LogP contribution in [-0.4, -0.2) is 68.5 Å². The van der Waals surface area contributed by atoms with Gasteiger partial charge in [0.1, 0.15) is 13.2 Å². The molecule has 0 heterocycles. The van der Waals surface area contributed by atoms with Crippen LogP contribution in [0.25, 0.3) is 0 Å². The summed E-state index contributed by atoms with van der Waals surface area (Å²) in [5, 5.41) is 14.0. The number of phosphoric ester groups is 1. The summed E-state index contributed by atoms with van der Waals surface area (Å²) in [5.41, 5.74) is 0. The van der Waals surface area contributed by atoms with Gasteiger partial charge in [-0.05, 0) is 70.6 Å². The second-order valence-electron chi connectivity index (χ2n) is 20.6. The zero-order chi connectivity index (χ0) is 51.3. The van der Waals surface area contributed by atoms with Gasteiger partial charge in [-0.15, -0.1) is 0 Å². The molecule has 0 saturated carbocycles. The van der Waals surface area contributed by atoms with Crippen molar-refractivity contribution in [2.45, 2.75) is 257 Å². The van der Waals surface area contributed by atoms with E-state index >= 15 is 0 Å². The van der Waals surface area contributed by atoms with Gasteiger partial charge in [0.2, 0.25) is 5.91 Å². The van der Waals surface area contributed by atoms with Crippen LogP contribution < -0.4 is 10.2 Å². The molecule has 8 nitrogen and oxygen atoms in total. The molecule has 70 heavy (non-hydrogen) atoms. The number of aliphatic hydroxyl groups excluding tert-OH is 1. The molecule has 0 fully saturated rings. The van der Waals surface area contributed by atoms with Crippen LogP contribution in [0.5, 0.6) is 0 Å². The monoisotopic (exact) mass is 999 g/mol. The van der Waals surface area contributed by atoms with E-state index in [-0.39, 0.29) is 19.1 Å². The summed E-state index contributed by atoms with van der Waals surface area (Å²) in [6.45, 7) is 4.60. The van der Waals surface area contributed by atoms with E-state index in [1.165, 1.54) is 116 Å². The van der Waals surface area contributed by atoms with Crippen molar-refractivity contribution in [3.63, 3.8) is 0 Å². The van der Waals surface area contributed by atoms with Crippen LogP contribution in [0.15, 0.2) is 85.1 Å². The minimum atomic E-state index is -4.59. The number of unbranched alkanes of at least 4 members (excludes halogenated alkanes) is 25. The number of nitrogens with zero attached hydrogens (tertiary/aromatic N) is 1. The Labute approximate surface area is 433 Å². The Bertz CT molecular complexity index is 1410. The van der Waals surface area contributed by atoms with Gasteiger partial charge in [-0.1, -0.05) is 253 Å². The zero-order valence-corrected chi connectivity index (χ0v) is 47.1. The molecule has 0 aliphatic heterocycles. The Balaban J connectivity index is 4.26. The fourth-order valence-corrected chi connectivity index (χ4v) is 8.86. The summed E-state index contributed by atoms with van der Waals surface area (Å²) < 4.78 is 23.4. The molecule has 0 bridgehead atoms. The van der Waals surface area contributed by atoms with Crippen molar-refractivity contribution < 1.29 is 32.9 Å².